The second-order valence-corrected chi connectivity index (χ2v) is 9.42. The summed E-state index contributed by atoms with van der Waals surface area (Å²) >= 11 is 0. The van der Waals surface area contributed by atoms with Gasteiger partial charge in [-0.2, -0.15) is 0 Å². The van der Waals surface area contributed by atoms with Crippen LogP contribution in [0.2, 0.25) is 0 Å². The zero-order valence-electron chi connectivity index (χ0n) is 17.3. The molecule has 6 nitrogen and oxygen atoms in total. The van der Waals surface area contributed by atoms with Crippen LogP contribution in [0.4, 0.5) is 5.69 Å². The highest BCUT2D eigenvalue weighted by atomic mass is 32.2. The molecule has 1 aliphatic heterocycles. The van der Waals surface area contributed by atoms with Crippen molar-refractivity contribution in [1.82, 2.24) is 5.32 Å². The minimum absolute atomic E-state index is 0.130. The van der Waals surface area contributed by atoms with E-state index in [4.69, 9.17) is 4.74 Å². The van der Waals surface area contributed by atoms with Gasteiger partial charge in [-0.05, 0) is 49.1 Å². The Balaban J connectivity index is 1.81. The molecule has 0 bridgehead atoms. The van der Waals surface area contributed by atoms with Gasteiger partial charge in [-0.15, -0.1) is 0 Å². The number of anilines is 1. The van der Waals surface area contributed by atoms with Crippen molar-refractivity contribution in [3.05, 3.63) is 59.2 Å². The van der Waals surface area contributed by atoms with Crippen LogP contribution in [-0.4, -0.2) is 33.2 Å². The summed E-state index contributed by atoms with van der Waals surface area (Å²) in [7, 11) is -3.47. The van der Waals surface area contributed by atoms with Crippen molar-refractivity contribution < 1.29 is 17.9 Å². The molecule has 1 amide bonds. The first-order chi connectivity index (χ1) is 13.7. The van der Waals surface area contributed by atoms with Gasteiger partial charge in [-0.3, -0.25) is 9.10 Å². The molecular formula is C22H28N2O4S. The van der Waals surface area contributed by atoms with Gasteiger partial charge in [0.05, 0.1) is 18.0 Å². The van der Waals surface area contributed by atoms with Gasteiger partial charge in [0.15, 0.2) is 6.10 Å². The molecule has 2 atom stereocenters. The number of ether oxygens (including phenoxy) is 1. The van der Waals surface area contributed by atoms with Crippen LogP contribution in [0.5, 0.6) is 5.75 Å². The molecule has 0 radical (unpaired) electrons. The average Bonchev–Trinajstić information content (AvgIpc) is 2.88. The Hall–Kier alpha value is -2.54. The Morgan fingerprint density at radius 2 is 1.93 bits per heavy atom. The summed E-state index contributed by atoms with van der Waals surface area (Å²) in [5.41, 5.74) is 3.90. The number of hydrogen-bond donors (Lipinski definition) is 1. The van der Waals surface area contributed by atoms with E-state index in [9.17, 15) is 13.2 Å². The summed E-state index contributed by atoms with van der Waals surface area (Å²) in [6, 6.07) is 13.0. The van der Waals surface area contributed by atoms with E-state index in [1.54, 1.807) is 24.3 Å². The number of nitrogens with zero attached hydrogens (tertiary/aromatic N) is 1. The van der Waals surface area contributed by atoms with Crippen molar-refractivity contribution in [2.45, 2.75) is 45.8 Å². The second kappa shape index (κ2) is 8.45. The normalized spacial score (nSPS) is 17.7. The molecule has 1 heterocycles. The van der Waals surface area contributed by atoms with Gasteiger partial charge in [0, 0.05) is 13.0 Å². The summed E-state index contributed by atoms with van der Waals surface area (Å²) in [4.78, 5) is 13.0. The number of hydrogen-bond acceptors (Lipinski definition) is 4. The van der Waals surface area contributed by atoms with E-state index in [-0.39, 0.29) is 24.9 Å². The lowest BCUT2D eigenvalue weighted by Crippen LogP contribution is -2.41. The van der Waals surface area contributed by atoms with Crippen molar-refractivity contribution in [3.8, 4) is 5.75 Å². The van der Waals surface area contributed by atoms with Crippen molar-refractivity contribution in [1.29, 1.82) is 0 Å². The van der Waals surface area contributed by atoms with Crippen LogP contribution >= 0.6 is 0 Å². The van der Waals surface area contributed by atoms with Gasteiger partial charge in [-0.1, -0.05) is 37.3 Å². The predicted octanol–water partition coefficient (Wildman–Crippen LogP) is 3.49. The molecule has 0 aliphatic carbocycles. The van der Waals surface area contributed by atoms with E-state index < -0.39 is 16.1 Å². The fourth-order valence-electron chi connectivity index (χ4n) is 3.53. The first-order valence-electron chi connectivity index (χ1n) is 9.81. The Kier molecular flexibility index (Phi) is 6.17. The van der Waals surface area contributed by atoms with Crippen molar-refractivity contribution >= 4 is 21.6 Å². The topological polar surface area (TPSA) is 75.7 Å². The van der Waals surface area contributed by atoms with E-state index in [0.717, 1.165) is 18.2 Å². The Morgan fingerprint density at radius 3 is 2.59 bits per heavy atom. The minimum atomic E-state index is -3.47. The van der Waals surface area contributed by atoms with E-state index in [2.05, 4.69) is 31.3 Å². The monoisotopic (exact) mass is 416 g/mol. The van der Waals surface area contributed by atoms with Crippen LogP contribution in [0.25, 0.3) is 0 Å². The minimum Gasteiger partial charge on any atom is -0.478 e. The van der Waals surface area contributed by atoms with Crippen LogP contribution in [0.1, 0.15) is 42.5 Å². The highest BCUT2D eigenvalue weighted by Gasteiger charge is 2.31. The molecule has 0 spiro atoms. The molecule has 29 heavy (non-hydrogen) atoms. The molecule has 1 aliphatic rings. The summed E-state index contributed by atoms with van der Waals surface area (Å²) in [6.07, 6.45) is 1.42. The third-order valence-electron chi connectivity index (χ3n) is 5.35. The molecular weight excluding hydrogens is 388 g/mol. The maximum Gasteiger partial charge on any atom is 0.261 e. The maximum atomic E-state index is 13.0. The van der Waals surface area contributed by atoms with Crippen LogP contribution in [0.15, 0.2) is 42.5 Å². The van der Waals surface area contributed by atoms with Crippen LogP contribution in [0, 0.1) is 13.8 Å². The lowest BCUT2D eigenvalue weighted by molar-refractivity contribution is -0.128. The lowest BCUT2D eigenvalue weighted by Gasteiger charge is -2.22. The number of para-hydroxylation sites is 2. The standard InChI is InChI=1S/C22H28N2O4S/c1-5-18(17-11-10-15(2)16(3)14-17)23-22(25)21-12-13-24(29(4,26)27)19-8-6-7-9-20(19)28-21/h6-11,14,18,21H,5,12-13H2,1-4H3,(H,23,25)/t18-,21+/m1/s1. The van der Waals surface area contributed by atoms with Crippen molar-refractivity contribution in [2.75, 3.05) is 17.1 Å². The maximum absolute atomic E-state index is 13.0. The molecule has 7 heteroatoms. The van der Waals surface area contributed by atoms with Crippen molar-refractivity contribution in [3.63, 3.8) is 0 Å². The molecule has 0 saturated heterocycles. The number of carbonyl (C=O) groups is 1. The fourth-order valence-corrected chi connectivity index (χ4v) is 4.47. The largest absolute Gasteiger partial charge is 0.478 e. The number of nitrogens with one attached hydrogen (secondary N) is 1. The van der Waals surface area contributed by atoms with Crippen LogP contribution in [0.3, 0.4) is 0 Å². The first kappa shape index (κ1) is 21.2. The third-order valence-corrected chi connectivity index (χ3v) is 6.53. The van der Waals surface area contributed by atoms with Gasteiger partial charge in [0.1, 0.15) is 5.75 Å². The molecule has 1 N–H and O–H groups in total. The van der Waals surface area contributed by atoms with Gasteiger partial charge in [0.2, 0.25) is 10.0 Å². The first-order valence-corrected chi connectivity index (χ1v) is 11.7. The Morgan fingerprint density at radius 1 is 1.21 bits per heavy atom. The second-order valence-electron chi connectivity index (χ2n) is 7.51. The van der Waals surface area contributed by atoms with E-state index in [1.165, 1.54) is 15.4 Å². The number of amides is 1. The quantitative estimate of drug-likeness (QED) is 0.810. The molecule has 0 aromatic heterocycles. The molecule has 2 aromatic rings. The number of benzene rings is 2. The molecule has 156 valence electrons. The summed E-state index contributed by atoms with van der Waals surface area (Å²) in [5.74, 6) is 0.162. The Bertz CT molecular complexity index is 1000. The summed E-state index contributed by atoms with van der Waals surface area (Å²) in [5, 5.41) is 3.08. The number of sulfonamides is 1. The van der Waals surface area contributed by atoms with Gasteiger partial charge in [0.25, 0.3) is 5.91 Å². The molecule has 3 rings (SSSR count). The van der Waals surface area contributed by atoms with Gasteiger partial charge >= 0.3 is 0 Å². The van der Waals surface area contributed by atoms with E-state index in [1.807, 2.05) is 13.0 Å². The summed E-state index contributed by atoms with van der Waals surface area (Å²) < 4.78 is 31.7. The van der Waals surface area contributed by atoms with E-state index >= 15 is 0 Å². The van der Waals surface area contributed by atoms with Gasteiger partial charge < -0.3 is 10.1 Å². The highest BCUT2D eigenvalue weighted by Crippen LogP contribution is 2.34. The van der Waals surface area contributed by atoms with E-state index in [0.29, 0.717) is 11.4 Å². The van der Waals surface area contributed by atoms with Crippen LogP contribution < -0.4 is 14.4 Å². The number of carbonyl (C=O) groups excluding carboxylic acids is 1. The number of aryl methyl sites for hydroxylation is 2. The number of rotatable bonds is 5. The smallest absolute Gasteiger partial charge is 0.261 e. The zero-order valence-corrected chi connectivity index (χ0v) is 18.1. The van der Waals surface area contributed by atoms with Gasteiger partial charge in [-0.25, -0.2) is 8.42 Å². The molecule has 2 aromatic carbocycles. The SMILES string of the molecule is CC[C@@H](NC(=O)[C@@H]1CCN(S(C)(=O)=O)c2ccccc2O1)c1ccc(C)c(C)c1. The fraction of sp³-hybridized carbons (Fsp3) is 0.409. The predicted molar refractivity (Wildman–Crippen MR) is 115 cm³/mol. The highest BCUT2D eigenvalue weighted by molar-refractivity contribution is 7.92. The Labute approximate surface area is 172 Å². The zero-order chi connectivity index (χ0) is 21.2. The third kappa shape index (κ3) is 4.72. The molecule has 0 unspecified atom stereocenters. The lowest BCUT2D eigenvalue weighted by atomic mass is 9.99. The van der Waals surface area contributed by atoms with Crippen molar-refractivity contribution in [2.24, 2.45) is 0 Å². The molecule has 0 fully saturated rings. The molecule has 0 saturated carbocycles. The van der Waals surface area contributed by atoms with Crippen LogP contribution in [-0.2, 0) is 14.8 Å². The number of fused-ring (bicyclic) bond motifs is 1. The summed E-state index contributed by atoms with van der Waals surface area (Å²) in [6.45, 7) is 6.32. The average molecular weight is 417 g/mol.